The molecule has 1 atom stereocenters. The molecular weight excluding hydrogens is 214 g/mol. The van der Waals surface area contributed by atoms with Gasteiger partial charge in [-0.2, -0.15) is 0 Å². The lowest BCUT2D eigenvalue weighted by atomic mass is 10.2. The number of carbonyl (C=O) groups is 1. The van der Waals surface area contributed by atoms with Crippen LogP contribution in [0.1, 0.15) is 39.5 Å². The first-order valence-corrected chi connectivity index (χ1v) is 6.76. The molecule has 0 bridgehead atoms. The van der Waals surface area contributed by atoms with Gasteiger partial charge >= 0.3 is 6.03 Å². The number of likely N-dealkylation sites (N-methyl/N-ethyl adjacent to an activating group) is 2. The molecule has 1 rings (SSSR count). The van der Waals surface area contributed by atoms with Crippen LogP contribution < -0.4 is 5.32 Å². The summed E-state index contributed by atoms with van der Waals surface area (Å²) < 4.78 is 0. The molecule has 17 heavy (non-hydrogen) atoms. The second kappa shape index (κ2) is 6.84. The number of hydrogen-bond donors (Lipinski definition) is 1. The van der Waals surface area contributed by atoms with Gasteiger partial charge < -0.3 is 15.1 Å². The maximum absolute atomic E-state index is 12.1. The number of amides is 2. The van der Waals surface area contributed by atoms with Gasteiger partial charge in [-0.05, 0) is 40.8 Å². The highest BCUT2D eigenvalue weighted by Crippen LogP contribution is 2.18. The van der Waals surface area contributed by atoms with Gasteiger partial charge in [-0.3, -0.25) is 0 Å². The standard InChI is InChI=1S/C13H27N3O/c1-5-16(11(2)10-15(3)4)13(17)14-12-8-6-7-9-12/h11-12H,5-10H2,1-4H3,(H,14,17). The van der Waals surface area contributed by atoms with Gasteiger partial charge in [0.2, 0.25) is 0 Å². The molecule has 0 radical (unpaired) electrons. The lowest BCUT2D eigenvalue weighted by molar-refractivity contribution is 0.166. The van der Waals surface area contributed by atoms with Crippen molar-refractivity contribution in [2.45, 2.75) is 51.6 Å². The van der Waals surface area contributed by atoms with E-state index in [0.29, 0.717) is 6.04 Å². The number of nitrogens with zero attached hydrogens (tertiary/aromatic N) is 2. The minimum Gasteiger partial charge on any atom is -0.335 e. The Morgan fingerprint density at radius 2 is 1.94 bits per heavy atom. The number of hydrogen-bond acceptors (Lipinski definition) is 2. The molecule has 0 saturated heterocycles. The Hall–Kier alpha value is -0.770. The molecule has 0 aliphatic heterocycles. The molecule has 0 aromatic rings. The van der Waals surface area contributed by atoms with Gasteiger partial charge in [-0.25, -0.2) is 4.79 Å². The Balaban J connectivity index is 2.44. The lowest BCUT2D eigenvalue weighted by Gasteiger charge is -2.31. The molecule has 0 aromatic heterocycles. The highest BCUT2D eigenvalue weighted by Gasteiger charge is 2.23. The average molecular weight is 241 g/mol. The molecule has 1 aliphatic carbocycles. The predicted molar refractivity (Wildman–Crippen MR) is 71.2 cm³/mol. The van der Waals surface area contributed by atoms with Crippen molar-refractivity contribution in [2.75, 3.05) is 27.2 Å². The van der Waals surface area contributed by atoms with Crippen molar-refractivity contribution in [2.24, 2.45) is 0 Å². The summed E-state index contributed by atoms with van der Waals surface area (Å²) in [5.41, 5.74) is 0. The zero-order valence-corrected chi connectivity index (χ0v) is 11.7. The zero-order chi connectivity index (χ0) is 12.8. The van der Waals surface area contributed by atoms with Crippen molar-refractivity contribution in [1.82, 2.24) is 15.1 Å². The first-order chi connectivity index (χ1) is 8.04. The summed E-state index contributed by atoms with van der Waals surface area (Å²) in [5, 5.41) is 3.15. The zero-order valence-electron chi connectivity index (χ0n) is 11.7. The third kappa shape index (κ3) is 4.54. The maximum atomic E-state index is 12.1. The van der Waals surface area contributed by atoms with Crippen molar-refractivity contribution in [3.63, 3.8) is 0 Å². The largest absolute Gasteiger partial charge is 0.335 e. The van der Waals surface area contributed by atoms with Gasteiger partial charge in [0.1, 0.15) is 0 Å². The summed E-state index contributed by atoms with van der Waals surface area (Å²) in [6, 6.07) is 0.772. The molecule has 0 spiro atoms. The van der Waals surface area contributed by atoms with Crippen LogP contribution in [0.3, 0.4) is 0 Å². The molecule has 1 fully saturated rings. The third-order valence-corrected chi connectivity index (χ3v) is 3.45. The first-order valence-electron chi connectivity index (χ1n) is 6.76. The number of rotatable bonds is 5. The number of carbonyl (C=O) groups excluding carboxylic acids is 1. The van der Waals surface area contributed by atoms with Crippen LogP contribution in [0.25, 0.3) is 0 Å². The topological polar surface area (TPSA) is 35.6 Å². The van der Waals surface area contributed by atoms with Gasteiger partial charge in [0.05, 0.1) is 0 Å². The molecule has 1 unspecified atom stereocenters. The Labute approximate surface area is 105 Å². The Bertz CT molecular complexity index is 237. The molecule has 2 amide bonds. The second-order valence-corrected chi connectivity index (χ2v) is 5.33. The normalized spacial score (nSPS) is 18.4. The molecular formula is C13H27N3O. The van der Waals surface area contributed by atoms with E-state index in [-0.39, 0.29) is 12.1 Å². The SMILES string of the molecule is CCN(C(=O)NC1CCCC1)C(C)CN(C)C. The van der Waals surface area contributed by atoms with Crippen molar-refractivity contribution in [3.8, 4) is 0 Å². The van der Waals surface area contributed by atoms with E-state index in [1.165, 1.54) is 12.8 Å². The summed E-state index contributed by atoms with van der Waals surface area (Å²) >= 11 is 0. The second-order valence-electron chi connectivity index (χ2n) is 5.33. The fourth-order valence-electron chi connectivity index (χ4n) is 2.61. The highest BCUT2D eigenvalue weighted by atomic mass is 16.2. The molecule has 4 heteroatoms. The van der Waals surface area contributed by atoms with Crippen LogP contribution in [0.4, 0.5) is 4.79 Å². The number of nitrogens with one attached hydrogen (secondary N) is 1. The van der Waals surface area contributed by atoms with Gasteiger partial charge in [0.15, 0.2) is 0 Å². The van der Waals surface area contributed by atoms with Crippen molar-refractivity contribution < 1.29 is 4.79 Å². The van der Waals surface area contributed by atoms with Crippen molar-refractivity contribution in [3.05, 3.63) is 0 Å². The van der Waals surface area contributed by atoms with Crippen LogP contribution in [0, 0.1) is 0 Å². The fraction of sp³-hybridized carbons (Fsp3) is 0.923. The molecule has 1 N–H and O–H groups in total. The summed E-state index contributed by atoms with van der Waals surface area (Å²) in [6.07, 6.45) is 4.80. The van der Waals surface area contributed by atoms with E-state index in [1.54, 1.807) is 0 Å². The van der Waals surface area contributed by atoms with E-state index >= 15 is 0 Å². The summed E-state index contributed by atoms with van der Waals surface area (Å²) in [5.74, 6) is 0. The molecule has 100 valence electrons. The minimum absolute atomic E-state index is 0.105. The van der Waals surface area contributed by atoms with E-state index in [9.17, 15) is 4.79 Å². The maximum Gasteiger partial charge on any atom is 0.317 e. The summed E-state index contributed by atoms with van der Waals surface area (Å²) in [6.45, 7) is 5.83. The Morgan fingerprint density at radius 3 is 2.41 bits per heavy atom. The predicted octanol–water partition coefficient (Wildman–Crippen LogP) is 1.91. The van der Waals surface area contributed by atoms with Crippen LogP contribution in [0.15, 0.2) is 0 Å². The smallest absolute Gasteiger partial charge is 0.317 e. The average Bonchev–Trinajstić information content (AvgIpc) is 2.70. The molecule has 0 aromatic carbocycles. The van der Waals surface area contributed by atoms with Crippen LogP contribution in [0.5, 0.6) is 0 Å². The molecule has 1 saturated carbocycles. The Kier molecular flexibility index (Phi) is 5.75. The van der Waals surface area contributed by atoms with Gasteiger partial charge in [-0.1, -0.05) is 12.8 Å². The van der Waals surface area contributed by atoms with Crippen molar-refractivity contribution >= 4 is 6.03 Å². The van der Waals surface area contributed by atoms with Gasteiger partial charge in [0, 0.05) is 25.2 Å². The van der Waals surface area contributed by atoms with Crippen LogP contribution >= 0.6 is 0 Å². The lowest BCUT2D eigenvalue weighted by Crippen LogP contribution is -2.50. The van der Waals surface area contributed by atoms with Crippen LogP contribution in [0.2, 0.25) is 0 Å². The van der Waals surface area contributed by atoms with E-state index in [4.69, 9.17) is 0 Å². The van der Waals surface area contributed by atoms with E-state index in [0.717, 1.165) is 25.9 Å². The third-order valence-electron chi connectivity index (χ3n) is 3.45. The van der Waals surface area contributed by atoms with E-state index in [2.05, 4.69) is 17.1 Å². The van der Waals surface area contributed by atoms with Gasteiger partial charge in [0.25, 0.3) is 0 Å². The highest BCUT2D eigenvalue weighted by molar-refractivity contribution is 5.74. The summed E-state index contributed by atoms with van der Waals surface area (Å²) in [7, 11) is 4.08. The molecule has 1 aliphatic rings. The Morgan fingerprint density at radius 1 is 1.35 bits per heavy atom. The molecule has 0 heterocycles. The van der Waals surface area contributed by atoms with E-state index in [1.807, 2.05) is 25.9 Å². The van der Waals surface area contributed by atoms with Crippen LogP contribution in [-0.4, -0.2) is 55.1 Å². The number of urea groups is 1. The first kappa shape index (κ1) is 14.3. The van der Waals surface area contributed by atoms with Gasteiger partial charge in [-0.15, -0.1) is 0 Å². The van der Waals surface area contributed by atoms with Crippen molar-refractivity contribution in [1.29, 1.82) is 0 Å². The molecule has 4 nitrogen and oxygen atoms in total. The van der Waals surface area contributed by atoms with Crippen LogP contribution in [-0.2, 0) is 0 Å². The summed E-state index contributed by atoms with van der Waals surface area (Å²) in [4.78, 5) is 16.2. The minimum atomic E-state index is 0.105. The quantitative estimate of drug-likeness (QED) is 0.798. The fourth-order valence-corrected chi connectivity index (χ4v) is 2.61. The van der Waals surface area contributed by atoms with E-state index < -0.39 is 0 Å². The monoisotopic (exact) mass is 241 g/mol.